The second kappa shape index (κ2) is 7.57. The number of rotatable bonds is 3. The Labute approximate surface area is 206 Å². The Morgan fingerprint density at radius 1 is 0.882 bits per heavy atom. The molecule has 34 heavy (non-hydrogen) atoms. The highest BCUT2D eigenvalue weighted by Gasteiger charge is 2.72. The fourth-order valence-electron chi connectivity index (χ4n) is 11.5. The zero-order chi connectivity index (χ0) is 24.9. The molecule has 0 heterocycles. The van der Waals surface area contributed by atoms with Crippen LogP contribution in [0.25, 0.3) is 0 Å². The molecule has 5 saturated carbocycles. The van der Waals surface area contributed by atoms with Crippen LogP contribution in [-0.4, -0.2) is 34.0 Å². The summed E-state index contributed by atoms with van der Waals surface area (Å²) in [5.74, 6) is 1.30. The molecule has 11 atom stereocenters. The maximum atomic E-state index is 12.8. The van der Waals surface area contributed by atoms with Crippen LogP contribution in [0.15, 0.2) is 12.2 Å². The van der Waals surface area contributed by atoms with Crippen LogP contribution < -0.4 is 0 Å². The maximum Gasteiger partial charge on any atom is 0.309 e. The highest BCUT2D eigenvalue weighted by Crippen LogP contribution is 2.77. The van der Waals surface area contributed by atoms with Crippen LogP contribution in [-0.2, 0) is 4.79 Å². The number of carboxylic acids is 1. The summed E-state index contributed by atoms with van der Waals surface area (Å²) in [5, 5.41) is 31.8. The van der Waals surface area contributed by atoms with E-state index in [-0.39, 0.29) is 28.8 Å². The second-order valence-electron chi connectivity index (χ2n) is 14.4. The van der Waals surface area contributed by atoms with Crippen molar-refractivity contribution in [2.24, 2.45) is 56.7 Å². The number of carboxylic acid groups (broad SMARTS) is 1. The Kier molecular flexibility index (Phi) is 5.52. The lowest BCUT2D eigenvalue weighted by Crippen LogP contribution is -2.67. The lowest BCUT2D eigenvalue weighted by molar-refractivity contribution is -0.254. The molecule has 4 nitrogen and oxygen atoms in total. The van der Waals surface area contributed by atoms with Gasteiger partial charge in [-0.15, -0.1) is 0 Å². The molecule has 0 unspecified atom stereocenters. The number of allylic oxidation sites excluding steroid dienone is 1. The quantitative estimate of drug-likeness (QED) is 0.436. The number of aliphatic hydroxyl groups is 2. The third kappa shape index (κ3) is 2.76. The van der Waals surface area contributed by atoms with Gasteiger partial charge < -0.3 is 15.3 Å². The first kappa shape index (κ1) is 24.8. The molecule has 4 heteroatoms. The highest BCUT2D eigenvalue weighted by atomic mass is 16.4. The molecule has 5 aliphatic carbocycles. The van der Waals surface area contributed by atoms with Crippen molar-refractivity contribution in [2.75, 3.05) is 6.61 Å². The van der Waals surface area contributed by atoms with Crippen LogP contribution in [0.5, 0.6) is 0 Å². The summed E-state index contributed by atoms with van der Waals surface area (Å²) in [4.78, 5) is 12.8. The number of hydrogen-bond acceptors (Lipinski definition) is 3. The van der Waals surface area contributed by atoms with Crippen molar-refractivity contribution in [1.29, 1.82) is 0 Å². The van der Waals surface area contributed by atoms with E-state index >= 15 is 0 Å². The molecule has 0 bridgehead atoms. The molecule has 0 aliphatic heterocycles. The second-order valence-corrected chi connectivity index (χ2v) is 14.4. The predicted octanol–water partition coefficient (Wildman–Crippen LogP) is 6.06. The Hall–Kier alpha value is -0.870. The lowest BCUT2D eigenvalue weighted by Gasteiger charge is -2.72. The van der Waals surface area contributed by atoms with Crippen LogP contribution in [0.2, 0.25) is 0 Å². The van der Waals surface area contributed by atoms with Crippen molar-refractivity contribution in [3.63, 3.8) is 0 Å². The summed E-state index contributed by atoms with van der Waals surface area (Å²) in [6.45, 7) is 16.2. The van der Waals surface area contributed by atoms with Gasteiger partial charge in [-0.1, -0.05) is 39.8 Å². The molecule has 5 fully saturated rings. The first-order valence-corrected chi connectivity index (χ1v) is 14.0. The topological polar surface area (TPSA) is 77.8 Å². The predicted molar refractivity (Wildman–Crippen MR) is 134 cm³/mol. The van der Waals surface area contributed by atoms with Crippen molar-refractivity contribution in [3.8, 4) is 0 Å². The van der Waals surface area contributed by atoms with E-state index in [4.69, 9.17) is 0 Å². The summed E-state index contributed by atoms with van der Waals surface area (Å²) in [5.41, 5.74) is 0.586. The van der Waals surface area contributed by atoms with Crippen molar-refractivity contribution < 1.29 is 20.1 Å². The summed E-state index contributed by atoms with van der Waals surface area (Å²) < 4.78 is 0. The third-order valence-corrected chi connectivity index (χ3v) is 13.6. The van der Waals surface area contributed by atoms with Gasteiger partial charge in [-0.25, -0.2) is 0 Å². The largest absolute Gasteiger partial charge is 0.481 e. The van der Waals surface area contributed by atoms with E-state index in [9.17, 15) is 20.1 Å². The van der Waals surface area contributed by atoms with Crippen LogP contribution in [0.4, 0.5) is 0 Å². The molecular weight excluding hydrogens is 424 g/mol. The average Bonchev–Trinajstić information content (AvgIpc) is 3.18. The van der Waals surface area contributed by atoms with Gasteiger partial charge in [0.05, 0.1) is 18.1 Å². The van der Waals surface area contributed by atoms with Crippen molar-refractivity contribution in [3.05, 3.63) is 12.2 Å². The zero-order valence-electron chi connectivity index (χ0n) is 22.2. The first-order valence-electron chi connectivity index (χ1n) is 14.0. The minimum Gasteiger partial charge on any atom is -0.481 e. The average molecular weight is 473 g/mol. The molecule has 5 rings (SSSR count). The van der Waals surface area contributed by atoms with Crippen LogP contribution in [0, 0.1) is 56.7 Å². The van der Waals surface area contributed by atoms with Gasteiger partial charge in [0.25, 0.3) is 0 Å². The monoisotopic (exact) mass is 472 g/mol. The van der Waals surface area contributed by atoms with Gasteiger partial charge >= 0.3 is 5.97 Å². The van der Waals surface area contributed by atoms with E-state index in [2.05, 4.69) is 41.2 Å². The minimum atomic E-state index is -0.567. The summed E-state index contributed by atoms with van der Waals surface area (Å²) >= 11 is 0. The Morgan fingerprint density at radius 2 is 1.59 bits per heavy atom. The van der Waals surface area contributed by atoms with Crippen LogP contribution in [0.3, 0.4) is 0 Å². The lowest BCUT2D eigenvalue weighted by atomic mass is 9.32. The Morgan fingerprint density at radius 3 is 2.21 bits per heavy atom. The normalized spacial score (nSPS) is 56.6. The van der Waals surface area contributed by atoms with Crippen molar-refractivity contribution >= 4 is 5.97 Å². The molecule has 0 amide bonds. The number of carbonyl (C=O) groups is 1. The van der Waals surface area contributed by atoms with E-state index in [0.29, 0.717) is 23.7 Å². The van der Waals surface area contributed by atoms with Crippen LogP contribution >= 0.6 is 0 Å². The first-order chi connectivity index (χ1) is 15.8. The van der Waals surface area contributed by atoms with Crippen molar-refractivity contribution in [1.82, 2.24) is 0 Å². The van der Waals surface area contributed by atoms with Crippen molar-refractivity contribution in [2.45, 2.75) is 105 Å². The number of aliphatic carboxylic acids is 1. The molecular formula is C30H48O4. The molecule has 3 N–H and O–H groups in total. The fourth-order valence-corrected chi connectivity index (χ4v) is 11.5. The summed E-state index contributed by atoms with van der Waals surface area (Å²) in [7, 11) is 0. The van der Waals surface area contributed by atoms with E-state index in [1.165, 1.54) is 5.57 Å². The maximum absolute atomic E-state index is 12.8. The zero-order valence-corrected chi connectivity index (χ0v) is 22.2. The van der Waals surface area contributed by atoms with Crippen LogP contribution in [0.1, 0.15) is 98.8 Å². The molecule has 0 aromatic heterocycles. The standard InChI is InChI=1S/C30H48O4/c1-18(2)19-9-14-30(25(33)34)16-15-28(5)20(24(19)30)7-8-22-26(3)12-11-23(32)27(4,17-31)21(26)10-13-29(22,28)6/h19-24,31-32H,1,7-17H2,2-6H3,(H,33,34)/t19-,20+,21+,22+,23-,24+,26-,27+,28+,29+,30-/m0/s1. The minimum absolute atomic E-state index is 0.0568. The molecule has 0 radical (unpaired) electrons. The van der Waals surface area contributed by atoms with Gasteiger partial charge in [0.2, 0.25) is 0 Å². The van der Waals surface area contributed by atoms with Gasteiger partial charge in [-0.3, -0.25) is 4.79 Å². The Balaban J connectivity index is 1.56. The SMILES string of the molecule is C=C(C)[C@@H]1CC[C@]2(C(=O)O)CC[C@]3(C)[C@H](CC[C@@H]4[C@@]5(C)CC[C@H](O)[C@](C)(CO)[C@@H]5CC[C@]43C)[C@@H]12. The van der Waals surface area contributed by atoms with Gasteiger partial charge in [0, 0.05) is 5.41 Å². The molecule has 0 spiro atoms. The summed E-state index contributed by atoms with van der Waals surface area (Å²) in [6.07, 6.45) is 9.43. The van der Waals surface area contributed by atoms with Gasteiger partial charge in [0.1, 0.15) is 0 Å². The number of fused-ring (bicyclic) bond motifs is 7. The third-order valence-electron chi connectivity index (χ3n) is 13.6. The molecule has 5 aliphatic rings. The van der Waals surface area contributed by atoms with E-state index < -0.39 is 22.9 Å². The molecule has 0 aromatic rings. The highest BCUT2D eigenvalue weighted by molar-refractivity contribution is 5.76. The molecule has 0 aromatic carbocycles. The van der Waals surface area contributed by atoms with E-state index in [1.807, 2.05) is 0 Å². The summed E-state index contributed by atoms with van der Waals surface area (Å²) in [6, 6.07) is 0. The van der Waals surface area contributed by atoms with Gasteiger partial charge in [-0.2, -0.15) is 0 Å². The van der Waals surface area contributed by atoms with E-state index in [1.54, 1.807) is 0 Å². The van der Waals surface area contributed by atoms with E-state index in [0.717, 1.165) is 64.2 Å². The Bertz CT molecular complexity index is 883. The molecule has 192 valence electrons. The smallest absolute Gasteiger partial charge is 0.309 e. The van der Waals surface area contributed by atoms with Gasteiger partial charge in [0.15, 0.2) is 0 Å². The molecule has 0 saturated heterocycles. The number of hydrogen-bond donors (Lipinski definition) is 3. The fraction of sp³-hybridized carbons (Fsp3) is 0.900. The van der Waals surface area contributed by atoms with Gasteiger partial charge in [-0.05, 0) is 117 Å². The number of aliphatic hydroxyl groups excluding tert-OH is 2.